The fraction of sp³-hybridized carbons (Fsp3) is 0.684. The number of piperazine rings is 1. The van der Waals surface area contributed by atoms with Crippen molar-refractivity contribution >= 4 is 9.84 Å². The molecule has 1 saturated heterocycles. The van der Waals surface area contributed by atoms with Gasteiger partial charge in [0.15, 0.2) is 21.4 Å². The quantitative estimate of drug-likeness (QED) is 0.845. The summed E-state index contributed by atoms with van der Waals surface area (Å²) in [6.07, 6.45) is 5.57. The topological polar surface area (TPSA) is 58.6 Å². The fourth-order valence-corrected chi connectivity index (χ4v) is 4.71. The zero-order valence-electron chi connectivity index (χ0n) is 15.6. The van der Waals surface area contributed by atoms with Crippen LogP contribution in [0, 0.1) is 11.7 Å². The number of benzene rings is 1. The van der Waals surface area contributed by atoms with Gasteiger partial charge in [-0.25, -0.2) is 12.8 Å². The van der Waals surface area contributed by atoms with Crippen molar-refractivity contribution in [2.45, 2.75) is 49.6 Å². The zero-order chi connectivity index (χ0) is 18.7. The van der Waals surface area contributed by atoms with Crippen molar-refractivity contribution < 1.29 is 17.5 Å². The van der Waals surface area contributed by atoms with Crippen LogP contribution in [0.4, 0.5) is 4.39 Å². The average molecular weight is 385 g/mol. The van der Waals surface area contributed by atoms with E-state index in [2.05, 4.69) is 17.1 Å². The smallest absolute Gasteiger partial charge is 0.175 e. The van der Waals surface area contributed by atoms with E-state index in [1.807, 2.05) is 0 Å². The summed E-state index contributed by atoms with van der Waals surface area (Å²) >= 11 is 0. The molecular formula is C19H29FN2O3S. The molecule has 1 atom stereocenters. The van der Waals surface area contributed by atoms with Crippen LogP contribution in [0.2, 0.25) is 0 Å². The van der Waals surface area contributed by atoms with Gasteiger partial charge in [-0.2, -0.15) is 0 Å². The standard InChI is InChI=1S/C19H29FN2O3S/c1-14-12-21-9-10-22(14)16-5-3-15(4-6-16)13-25-19-8-7-17(11-18(19)20)26(2,23)24/h7-8,11,14-16,21H,3-6,9-10,12-13H2,1-2H3/t14-,15-,16-/m0/s1. The predicted octanol–water partition coefficient (Wildman–Crippen LogP) is 2.46. The Bertz CT molecular complexity index is 717. The molecule has 0 unspecified atom stereocenters. The maximum Gasteiger partial charge on any atom is 0.175 e. The molecule has 26 heavy (non-hydrogen) atoms. The third kappa shape index (κ3) is 4.75. The Kier molecular flexibility index (Phi) is 6.20. The van der Waals surface area contributed by atoms with Gasteiger partial charge in [0.2, 0.25) is 0 Å². The minimum absolute atomic E-state index is 0.0204. The minimum atomic E-state index is -3.40. The maximum atomic E-state index is 14.1. The molecule has 1 aliphatic carbocycles. The lowest BCUT2D eigenvalue weighted by Crippen LogP contribution is -2.54. The molecule has 146 valence electrons. The van der Waals surface area contributed by atoms with Crippen LogP contribution in [0.1, 0.15) is 32.6 Å². The molecule has 0 amide bonds. The normalized spacial score (nSPS) is 28.0. The van der Waals surface area contributed by atoms with Crippen molar-refractivity contribution in [1.82, 2.24) is 10.2 Å². The summed E-state index contributed by atoms with van der Waals surface area (Å²) in [6, 6.07) is 5.09. The van der Waals surface area contributed by atoms with E-state index in [0.717, 1.165) is 57.6 Å². The molecule has 3 rings (SSSR count). The first-order chi connectivity index (χ1) is 12.3. The largest absolute Gasteiger partial charge is 0.490 e. The van der Waals surface area contributed by atoms with Crippen LogP contribution >= 0.6 is 0 Å². The summed E-state index contributed by atoms with van der Waals surface area (Å²) in [5.41, 5.74) is 0. The number of hydrogen-bond donors (Lipinski definition) is 1. The van der Waals surface area contributed by atoms with Crippen LogP contribution in [-0.4, -0.2) is 57.9 Å². The van der Waals surface area contributed by atoms with Gasteiger partial charge in [-0.1, -0.05) is 0 Å². The molecule has 0 bridgehead atoms. The molecule has 1 N–H and O–H groups in total. The average Bonchev–Trinajstić information content (AvgIpc) is 2.61. The number of hydrogen-bond acceptors (Lipinski definition) is 5. The Hall–Kier alpha value is -1.18. The van der Waals surface area contributed by atoms with Crippen LogP contribution < -0.4 is 10.1 Å². The number of halogens is 1. The van der Waals surface area contributed by atoms with Crippen molar-refractivity contribution in [1.29, 1.82) is 0 Å². The lowest BCUT2D eigenvalue weighted by atomic mass is 9.85. The molecule has 1 saturated carbocycles. The van der Waals surface area contributed by atoms with Crippen molar-refractivity contribution in [3.05, 3.63) is 24.0 Å². The molecule has 1 aromatic rings. The Labute approximate surface area is 155 Å². The first kappa shape index (κ1) is 19.6. The zero-order valence-corrected chi connectivity index (χ0v) is 16.4. The van der Waals surface area contributed by atoms with Gasteiger partial charge in [-0.15, -0.1) is 0 Å². The summed E-state index contributed by atoms with van der Waals surface area (Å²) < 4.78 is 42.7. The third-order valence-corrected chi connectivity index (χ3v) is 6.75. The molecular weight excluding hydrogens is 355 g/mol. The predicted molar refractivity (Wildman–Crippen MR) is 99.8 cm³/mol. The molecule has 0 spiro atoms. The van der Waals surface area contributed by atoms with Crippen LogP contribution in [0.5, 0.6) is 5.75 Å². The van der Waals surface area contributed by atoms with Crippen molar-refractivity contribution in [3.63, 3.8) is 0 Å². The van der Waals surface area contributed by atoms with Gasteiger partial charge in [-0.3, -0.25) is 4.90 Å². The van der Waals surface area contributed by atoms with Crippen molar-refractivity contribution in [2.75, 3.05) is 32.5 Å². The lowest BCUT2D eigenvalue weighted by Gasteiger charge is -2.43. The van der Waals surface area contributed by atoms with Gasteiger partial charge in [0.05, 0.1) is 11.5 Å². The van der Waals surface area contributed by atoms with Crippen molar-refractivity contribution in [3.8, 4) is 5.75 Å². The van der Waals surface area contributed by atoms with E-state index < -0.39 is 15.7 Å². The lowest BCUT2D eigenvalue weighted by molar-refractivity contribution is 0.0705. The molecule has 1 aromatic carbocycles. The second-order valence-corrected chi connectivity index (χ2v) is 9.66. The van der Waals surface area contributed by atoms with E-state index in [0.29, 0.717) is 24.6 Å². The number of nitrogens with zero attached hydrogens (tertiary/aromatic N) is 1. The highest BCUT2D eigenvalue weighted by atomic mass is 32.2. The first-order valence-electron chi connectivity index (χ1n) is 9.43. The van der Waals surface area contributed by atoms with Gasteiger partial charge >= 0.3 is 0 Å². The number of ether oxygens (including phenoxy) is 1. The van der Waals surface area contributed by atoms with Crippen LogP contribution in [0.15, 0.2) is 23.1 Å². The number of nitrogens with one attached hydrogen (secondary N) is 1. The van der Waals surface area contributed by atoms with E-state index in [-0.39, 0.29) is 10.6 Å². The molecule has 7 heteroatoms. The summed E-state index contributed by atoms with van der Waals surface area (Å²) in [4.78, 5) is 2.60. The van der Waals surface area contributed by atoms with Crippen LogP contribution in [0.25, 0.3) is 0 Å². The SMILES string of the molecule is C[C@H]1CNCCN1[C@H]1CC[C@H](COc2ccc(S(C)(=O)=O)cc2F)CC1. The Morgan fingerprint density at radius 1 is 1.27 bits per heavy atom. The summed E-state index contributed by atoms with van der Waals surface area (Å²) in [7, 11) is -3.40. The molecule has 0 radical (unpaired) electrons. The maximum absolute atomic E-state index is 14.1. The minimum Gasteiger partial charge on any atom is -0.490 e. The third-order valence-electron chi connectivity index (χ3n) is 5.64. The second-order valence-electron chi connectivity index (χ2n) is 7.64. The monoisotopic (exact) mass is 384 g/mol. The van der Waals surface area contributed by atoms with Gasteiger partial charge in [0.25, 0.3) is 0 Å². The Morgan fingerprint density at radius 3 is 2.62 bits per heavy atom. The second kappa shape index (κ2) is 8.23. The summed E-state index contributed by atoms with van der Waals surface area (Å²) in [6.45, 7) is 6.01. The highest BCUT2D eigenvalue weighted by Gasteiger charge is 2.30. The fourth-order valence-electron chi connectivity index (χ4n) is 4.08. The van der Waals surface area contributed by atoms with Gasteiger partial charge in [0.1, 0.15) is 0 Å². The number of rotatable bonds is 5. The van der Waals surface area contributed by atoms with E-state index in [9.17, 15) is 12.8 Å². The molecule has 2 aliphatic rings. The van der Waals surface area contributed by atoms with Crippen LogP contribution in [0.3, 0.4) is 0 Å². The van der Waals surface area contributed by atoms with E-state index >= 15 is 0 Å². The van der Waals surface area contributed by atoms with E-state index in [4.69, 9.17) is 4.74 Å². The number of sulfone groups is 1. The molecule has 5 nitrogen and oxygen atoms in total. The van der Waals surface area contributed by atoms with Gasteiger partial charge in [0, 0.05) is 38.0 Å². The summed E-state index contributed by atoms with van der Waals surface area (Å²) in [5.74, 6) is -0.0510. The van der Waals surface area contributed by atoms with Crippen molar-refractivity contribution in [2.24, 2.45) is 5.92 Å². The Balaban J connectivity index is 1.49. The molecule has 2 fully saturated rings. The van der Waals surface area contributed by atoms with Crippen LogP contribution in [-0.2, 0) is 9.84 Å². The van der Waals surface area contributed by atoms with E-state index in [1.165, 1.54) is 12.1 Å². The molecule has 1 heterocycles. The Morgan fingerprint density at radius 2 is 2.00 bits per heavy atom. The van der Waals surface area contributed by atoms with E-state index in [1.54, 1.807) is 0 Å². The molecule has 1 aliphatic heterocycles. The van der Waals surface area contributed by atoms with Gasteiger partial charge < -0.3 is 10.1 Å². The highest BCUT2D eigenvalue weighted by molar-refractivity contribution is 7.90. The first-order valence-corrected chi connectivity index (χ1v) is 11.3. The molecule has 0 aromatic heterocycles. The van der Waals surface area contributed by atoms with Gasteiger partial charge in [-0.05, 0) is 56.7 Å². The highest BCUT2D eigenvalue weighted by Crippen LogP contribution is 2.30. The summed E-state index contributed by atoms with van der Waals surface area (Å²) in [5, 5.41) is 3.43.